The molecule has 2 heterocycles. The molecule has 0 atom stereocenters. The SMILES string of the molecule is COc1cc(/C=C2\C(=O)N(c3ccc(Cl)c(C(=O)O)c3)N=C2C)cc2sc(=O)oc12. The van der Waals surface area contributed by atoms with Gasteiger partial charge in [-0.15, -0.1) is 0 Å². The fourth-order valence-electron chi connectivity index (χ4n) is 3.04. The molecule has 0 saturated carbocycles. The number of ether oxygens (including phenoxy) is 1. The summed E-state index contributed by atoms with van der Waals surface area (Å²) in [5.41, 5.74) is 1.90. The van der Waals surface area contributed by atoms with Gasteiger partial charge in [0.15, 0.2) is 11.3 Å². The maximum atomic E-state index is 13.0. The lowest BCUT2D eigenvalue weighted by Gasteiger charge is -2.13. The number of carbonyl (C=O) groups is 2. The van der Waals surface area contributed by atoms with Crippen LogP contribution in [-0.2, 0) is 4.79 Å². The smallest absolute Gasteiger partial charge is 0.396 e. The predicted molar refractivity (Wildman–Crippen MR) is 114 cm³/mol. The summed E-state index contributed by atoms with van der Waals surface area (Å²) < 4.78 is 11.0. The molecule has 0 unspecified atom stereocenters. The molecule has 10 heteroatoms. The molecule has 2 aromatic carbocycles. The molecule has 4 rings (SSSR count). The Morgan fingerprint density at radius 2 is 2.07 bits per heavy atom. The molecule has 1 aliphatic rings. The monoisotopic (exact) mass is 444 g/mol. The highest BCUT2D eigenvalue weighted by Gasteiger charge is 2.29. The van der Waals surface area contributed by atoms with Crippen molar-refractivity contribution in [3.8, 4) is 5.75 Å². The molecule has 1 aliphatic heterocycles. The molecule has 0 radical (unpaired) electrons. The van der Waals surface area contributed by atoms with Crippen LogP contribution in [0, 0.1) is 0 Å². The van der Waals surface area contributed by atoms with E-state index in [9.17, 15) is 19.5 Å². The first-order valence-corrected chi connectivity index (χ1v) is 9.74. The van der Waals surface area contributed by atoms with Crippen LogP contribution in [-0.4, -0.2) is 29.8 Å². The molecule has 0 fully saturated rings. The molecule has 1 amide bonds. The van der Waals surface area contributed by atoms with Crippen LogP contribution in [0.25, 0.3) is 16.4 Å². The number of anilines is 1. The van der Waals surface area contributed by atoms with E-state index in [-0.39, 0.29) is 16.3 Å². The van der Waals surface area contributed by atoms with Crippen molar-refractivity contribution in [2.24, 2.45) is 5.10 Å². The number of carboxylic acids is 1. The van der Waals surface area contributed by atoms with Crippen molar-refractivity contribution in [2.75, 3.05) is 12.1 Å². The minimum Gasteiger partial charge on any atom is -0.493 e. The third-order valence-electron chi connectivity index (χ3n) is 4.44. The zero-order valence-electron chi connectivity index (χ0n) is 15.6. The number of amides is 1. The lowest BCUT2D eigenvalue weighted by Crippen LogP contribution is -2.21. The van der Waals surface area contributed by atoms with Crippen LogP contribution in [0.1, 0.15) is 22.8 Å². The van der Waals surface area contributed by atoms with E-state index in [0.29, 0.717) is 32.9 Å². The number of hydrogen-bond donors (Lipinski definition) is 1. The standard InChI is InChI=1S/C20H13ClN2O6S/c1-9-12(5-10-6-15(28-2)17-16(7-10)30-20(27)29-17)18(24)23(22-9)11-3-4-14(21)13(8-11)19(25)26/h3-8H,1-2H3,(H,25,26)/b12-5-. The van der Waals surface area contributed by atoms with Gasteiger partial charge in [-0.2, -0.15) is 10.1 Å². The van der Waals surface area contributed by atoms with Crippen molar-refractivity contribution in [2.45, 2.75) is 6.92 Å². The third-order valence-corrected chi connectivity index (χ3v) is 5.54. The van der Waals surface area contributed by atoms with Gasteiger partial charge in [0.1, 0.15) is 0 Å². The van der Waals surface area contributed by atoms with Crippen molar-refractivity contribution >= 4 is 62.6 Å². The van der Waals surface area contributed by atoms with Gasteiger partial charge in [0.25, 0.3) is 5.91 Å². The predicted octanol–water partition coefficient (Wildman–Crippen LogP) is 4.02. The van der Waals surface area contributed by atoms with E-state index < -0.39 is 16.8 Å². The topological polar surface area (TPSA) is 109 Å². The highest BCUT2D eigenvalue weighted by molar-refractivity contribution is 7.16. The van der Waals surface area contributed by atoms with Gasteiger partial charge in [-0.25, -0.2) is 9.59 Å². The third kappa shape index (κ3) is 3.38. The van der Waals surface area contributed by atoms with Gasteiger partial charge in [-0.1, -0.05) is 22.9 Å². The van der Waals surface area contributed by atoms with E-state index in [1.165, 1.54) is 25.3 Å². The van der Waals surface area contributed by atoms with Crippen LogP contribution in [0.4, 0.5) is 5.69 Å². The summed E-state index contributed by atoms with van der Waals surface area (Å²) in [5, 5.41) is 14.7. The Balaban J connectivity index is 1.75. The van der Waals surface area contributed by atoms with E-state index in [2.05, 4.69) is 5.10 Å². The quantitative estimate of drug-likeness (QED) is 0.608. The molecule has 0 bridgehead atoms. The summed E-state index contributed by atoms with van der Waals surface area (Å²) >= 11 is 6.84. The van der Waals surface area contributed by atoms with Gasteiger partial charge in [-0.05, 0) is 48.9 Å². The van der Waals surface area contributed by atoms with Gasteiger partial charge >= 0.3 is 10.9 Å². The Morgan fingerprint density at radius 1 is 1.30 bits per heavy atom. The first kappa shape index (κ1) is 19.9. The largest absolute Gasteiger partial charge is 0.493 e. The van der Waals surface area contributed by atoms with Crippen molar-refractivity contribution in [3.05, 3.63) is 61.8 Å². The molecule has 0 spiro atoms. The second kappa shape index (κ2) is 7.43. The number of nitrogens with zero attached hydrogens (tertiary/aromatic N) is 2. The van der Waals surface area contributed by atoms with Crippen LogP contribution in [0.15, 0.2) is 50.2 Å². The van der Waals surface area contributed by atoms with Crippen molar-refractivity contribution in [3.63, 3.8) is 0 Å². The fourth-order valence-corrected chi connectivity index (χ4v) is 3.97. The average Bonchev–Trinajstić information content (AvgIpc) is 3.21. The van der Waals surface area contributed by atoms with Crippen LogP contribution in [0.5, 0.6) is 5.75 Å². The first-order chi connectivity index (χ1) is 14.3. The fraction of sp³-hybridized carbons (Fsp3) is 0.100. The van der Waals surface area contributed by atoms with E-state index in [4.69, 9.17) is 20.8 Å². The van der Waals surface area contributed by atoms with E-state index >= 15 is 0 Å². The molecule has 1 aromatic heterocycles. The molecule has 0 aliphatic carbocycles. The summed E-state index contributed by atoms with van der Waals surface area (Å²) in [6.45, 7) is 1.67. The normalized spacial score (nSPS) is 15.2. The number of carbonyl (C=O) groups excluding carboxylic acids is 1. The van der Waals surface area contributed by atoms with Gasteiger partial charge < -0.3 is 14.3 Å². The van der Waals surface area contributed by atoms with Crippen molar-refractivity contribution in [1.82, 2.24) is 0 Å². The number of methoxy groups -OCH3 is 1. The summed E-state index contributed by atoms with van der Waals surface area (Å²) in [6, 6.07) is 7.58. The zero-order chi connectivity index (χ0) is 21.6. The average molecular weight is 445 g/mol. The number of rotatable bonds is 4. The van der Waals surface area contributed by atoms with Crippen LogP contribution in [0.3, 0.4) is 0 Å². The maximum absolute atomic E-state index is 13.0. The van der Waals surface area contributed by atoms with Crippen LogP contribution >= 0.6 is 22.9 Å². The lowest BCUT2D eigenvalue weighted by atomic mass is 10.1. The molecule has 152 valence electrons. The minimum absolute atomic E-state index is 0.0638. The number of hydrogen-bond acceptors (Lipinski definition) is 7. The first-order valence-electron chi connectivity index (χ1n) is 8.54. The Hall–Kier alpha value is -3.43. The Labute approximate surface area is 178 Å². The molecule has 3 aromatic rings. The van der Waals surface area contributed by atoms with Gasteiger partial charge in [-0.3, -0.25) is 4.79 Å². The zero-order valence-corrected chi connectivity index (χ0v) is 17.2. The maximum Gasteiger partial charge on any atom is 0.396 e. The summed E-state index contributed by atoms with van der Waals surface area (Å²) in [5.74, 6) is -1.26. The van der Waals surface area contributed by atoms with E-state index in [1.54, 1.807) is 25.1 Å². The van der Waals surface area contributed by atoms with Crippen molar-refractivity contribution < 1.29 is 23.8 Å². The molecular weight excluding hydrogens is 432 g/mol. The molecule has 8 nitrogen and oxygen atoms in total. The Morgan fingerprint density at radius 3 is 2.77 bits per heavy atom. The number of halogens is 1. The van der Waals surface area contributed by atoms with Gasteiger partial charge in [0.05, 0.1) is 39.4 Å². The number of carboxylic acid groups (broad SMARTS) is 1. The van der Waals surface area contributed by atoms with E-state index in [0.717, 1.165) is 16.3 Å². The Kier molecular flexibility index (Phi) is 4.92. The Bertz CT molecular complexity index is 1340. The van der Waals surface area contributed by atoms with Gasteiger partial charge in [0, 0.05) is 0 Å². The minimum atomic E-state index is -1.20. The molecule has 1 N–H and O–H groups in total. The summed E-state index contributed by atoms with van der Waals surface area (Å²) in [6.07, 6.45) is 1.63. The van der Waals surface area contributed by atoms with Gasteiger partial charge in [0.2, 0.25) is 0 Å². The highest BCUT2D eigenvalue weighted by atomic mass is 35.5. The highest BCUT2D eigenvalue weighted by Crippen LogP contribution is 2.32. The second-order valence-corrected chi connectivity index (χ2v) is 7.72. The van der Waals surface area contributed by atoms with Crippen molar-refractivity contribution in [1.29, 1.82) is 0 Å². The molecule has 30 heavy (non-hydrogen) atoms. The van der Waals surface area contributed by atoms with Crippen LogP contribution in [0.2, 0.25) is 5.02 Å². The van der Waals surface area contributed by atoms with Crippen LogP contribution < -0.4 is 14.7 Å². The lowest BCUT2D eigenvalue weighted by molar-refractivity contribution is -0.114. The number of aromatic carboxylic acids is 1. The molecular formula is C20H13ClN2O6S. The summed E-state index contributed by atoms with van der Waals surface area (Å²) in [7, 11) is 1.46. The van der Waals surface area contributed by atoms with E-state index in [1.807, 2.05) is 0 Å². The number of benzene rings is 2. The molecule has 0 saturated heterocycles. The number of hydrazone groups is 1. The summed E-state index contributed by atoms with van der Waals surface area (Å²) in [4.78, 5) is 35.4. The second-order valence-electron chi connectivity index (χ2n) is 6.33. The number of fused-ring (bicyclic) bond motifs is 1.